The molecule has 0 spiro atoms. The van der Waals surface area contributed by atoms with E-state index in [-0.39, 0.29) is 5.97 Å². The highest BCUT2D eigenvalue weighted by Crippen LogP contribution is 2.09. The molecule has 0 fully saturated rings. The molecule has 0 saturated heterocycles. The van der Waals surface area contributed by atoms with E-state index in [0.29, 0.717) is 37.6 Å². The minimum atomic E-state index is -0.351. The molecule has 0 aliphatic heterocycles. The summed E-state index contributed by atoms with van der Waals surface area (Å²) < 4.78 is 11.9. The zero-order chi connectivity index (χ0) is 12.0. The summed E-state index contributed by atoms with van der Waals surface area (Å²) in [5.41, 5.74) is 6.59. The second kappa shape index (κ2) is 6.17. The van der Waals surface area contributed by atoms with Crippen LogP contribution in [0.1, 0.15) is 23.8 Å². The molecule has 2 N–H and O–H groups in total. The maximum Gasteiger partial charge on any atom is 0.355 e. The number of hydrogen-bond acceptors (Lipinski definition) is 4. The summed E-state index contributed by atoms with van der Waals surface area (Å²) in [6, 6.07) is 1.60. The van der Waals surface area contributed by atoms with E-state index >= 15 is 0 Å². The van der Waals surface area contributed by atoms with Gasteiger partial charge >= 0.3 is 5.97 Å². The molecule has 1 aromatic heterocycles. The van der Waals surface area contributed by atoms with Crippen LogP contribution in [0.4, 0.5) is 5.69 Å². The van der Waals surface area contributed by atoms with Crippen molar-refractivity contribution in [3.05, 3.63) is 18.0 Å². The van der Waals surface area contributed by atoms with Crippen LogP contribution >= 0.6 is 0 Å². The summed E-state index contributed by atoms with van der Waals surface area (Å²) in [7, 11) is 1.76. The molecule has 1 heterocycles. The maximum absolute atomic E-state index is 11.6. The number of aromatic nitrogens is 1. The van der Waals surface area contributed by atoms with E-state index in [4.69, 9.17) is 15.2 Å². The standard InChI is InChI=1S/C11H18N2O3/c1-3-15-5-4-6-16-11(14)10-7-9(12)8-13(10)2/h7-8H,3-6,12H2,1-2H3. The number of hydrogen-bond donors (Lipinski definition) is 1. The lowest BCUT2D eigenvalue weighted by atomic mass is 10.4. The van der Waals surface area contributed by atoms with Crippen molar-refractivity contribution in [2.24, 2.45) is 7.05 Å². The minimum Gasteiger partial charge on any atom is -0.461 e. The SMILES string of the molecule is CCOCCCOC(=O)c1cc(N)cn1C. The van der Waals surface area contributed by atoms with E-state index < -0.39 is 0 Å². The normalized spacial score (nSPS) is 10.4. The van der Waals surface area contributed by atoms with Gasteiger partial charge in [-0.3, -0.25) is 0 Å². The van der Waals surface area contributed by atoms with Gasteiger partial charge < -0.3 is 19.8 Å². The number of aryl methyl sites for hydroxylation is 1. The molecule has 1 rings (SSSR count). The topological polar surface area (TPSA) is 66.5 Å². The van der Waals surface area contributed by atoms with Gasteiger partial charge in [0.2, 0.25) is 0 Å². The Morgan fingerprint density at radius 3 is 2.81 bits per heavy atom. The third kappa shape index (κ3) is 3.58. The van der Waals surface area contributed by atoms with Crippen LogP contribution in [0.2, 0.25) is 0 Å². The van der Waals surface area contributed by atoms with Crippen LogP contribution in [0.25, 0.3) is 0 Å². The second-order valence-corrected chi connectivity index (χ2v) is 3.46. The Balaban J connectivity index is 2.33. The van der Waals surface area contributed by atoms with E-state index in [9.17, 15) is 4.79 Å². The first kappa shape index (κ1) is 12.6. The first-order valence-corrected chi connectivity index (χ1v) is 5.32. The van der Waals surface area contributed by atoms with Crippen LogP contribution in [-0.2, 0) is 16.5 Å². The lowest BCUT2D eigenvalue weighted by Crippen LogP contribution is -2.11. The molecular formula is C11H18N2O3. The number of ether oxygens (including phenoxy) is 2. The van der Waals surface area contributed by atoms with E-state index in [0.717, 1.165) is 0 Å². The molecule has 0 aromatic carbocycles. The third-order valence-corrected chi connectivity index (χ3v) is 2.11. The quantitative estimate of drug-likeness (QED) is 0.584. The van der Waals surface area contributed by atoms with Crippen LogP contribution in [0.3, 0.4) is 0 Å². The van der Waals surface area contributed by atoms with Gasteiger partial charge in [0, 0.05) is 32.9 Å². The third-order valence-electron chi connectivity index (χ3n) is 2.11. The van der Waals surface area contributed by atoms with Gasteiger partial charge in [-0.2, -0.15) is 0 Å². The number of nitrogens with two attached hydrogens (primary N) is 1. The summed E-state index contributed by atoms with van der Waals surface area (Å²) in [5.74, 6) is -0.351. The molecule has 0 amide bonds. The summed E-state index contributed by atoms with van der Waals surface area (Å²) in [4.78, 5) is 11.6. The summed E-state index contributed by atoms with van der Waals surface area (Å²) in [5, 5.41) is 0. The Hall–Kier alpha value is -1.49. The summed E-state index contributed by atoms with van der Waals surface area (Å²) in [6.07, 6.45) is 2.39. The zero-order valence-electron chi connectivity index (χ0n) is 9.73. The first-order chi connectivity index (χ1) is 7.65. The van der Waals surface area contributed by atoms with E-state index in [2.05, 4.69) is 0 Å². The number of anilines is 1. The largest absolute Gasteiger partial charge is 0.461 e. The van der Waals surface area contributed by atoms with Crippen molar-refractivity contribution in [1.82, 2.24) is 4.57 Å². The van der Waals surface area contributed by atoms with Crippen molar-refractivity contribution < 1.29 is 14.3 Å². The van der Waals surface area contributed by atoms with Gasteiger partial charge in [0.05, 0.1) is 12.3 Å². The molecule has 5 heteroatoms. The Morgan fingerprint density at radius 2 is 2.25 bits per heavy atom. The molecule has 0 atom stereocenters. The fourth-order valence-electron chi connectivity index (χ4n) is 1.34. The van der Waals surface area contributed by atoms with Crippen LogP contribution in [-0.4, -0.2) is 30.4 Å². The highest BCUT2D eigenvalue weighted by atomic mass is 16.5. The fourth-order valence-corrected chi connectivity index (χ4v) is 1.34. The van der Waals surface area contributed by atoms with Gasteiger partial charge in [0.25, 0.3) is 0 Å². The fraction of sp³-hybridized carbons (Fsp3) is 0.545. The van der Waals surface area contributed by atoms with E-state index in [1.807, 2.05) is 6.92 Å². The van der Waals surface area contributed by atoms with E-state index in [1.54, 1.807) is 23.9 Å². The van der Waals surface area contributed by atoms with Crippen LogP contribution < -0.4 is 5.73 Å². The van der Waals surface area contributed by atoms with Gasteiger partial charge in [-0.25, -0.2) is 4.79 Å². The molecule has 90 valence electrons. The maximum atomic E-state index is 11.6. The van der Waals surface area contributed by atoms with Gasteiger partial charge in [-0.05, 0) is 13.0 Å². The highest BCUT2D eigenvalue weighted by Gasteiger charge is 2.11. The minimum absolute atomic E-state index is 0.351. The molecule has 0 saturated carbocycles. The number of rotatable bonds is 6. The molecule has 0 unspecified atom stereocenters. The van der Waals surface area contributed by atoms with Gasteiger partial charge in [-0.1, -0.05) is 0 Å². The lowest BCUT2D eigenvalue weighted by molar-refractivity contribution is 0.0442. The molecule has 0 aliphatic carbocycles. The van der Waals surface area contributed by atoms with Crippen LogP contribution in [0.15, 0.2) is 12.3 Å². The van der Waals surface area contributed by atoms with Crippen molar-refractivity contribution in [2.45, 2.75) is 13.3 Å². The predicted molar refractivity (Wildman–Crippen MR) is 61.2 cm³/mol. The van der Waals surface area contributed by atoms with Gasteiger partial charge in [-0.15, -0.1) is 0 Å². The average Bonchev–Trinajstić information content (AvgIpc) is 2.57. The molecule has 0 aliphatic rings. The smallest absolute Gasteiger partial charge is 0.355 e. The van der Waals surface area contributed by atoms with Crippen molar-refractivity contribution in [3.8, 4) is 0 Å². The van der Waals surface area contributed by atoms with Crippen molar-refractivity contribution in [2.75, 3.05) is 25.6 Å². The molecule has 0 bridgehead atoms. The molecule has 0 radical (unpaired) electrons. The summed E-state index contributed by atoms with van der Waals surface area (Å²) >= 11 is 0. The number of esters is 1. The Labute approximate surface area is 95.1 Å². The zero-order valence-corrected chi connectivity index (χ0v) is 9.73. The van der Waals surface area contributed by atoms with Crippen molar-refractivity contribution in [1.29, 1.82) is 0 Å². The highest BCUT2D eigenvalue weighted by molar-refractivity contribution is 5.89. The predicted octanol–water partition coefficient (Wildman–Crippen LogP) is 1.19. The van der Waals surface area contributed by atoms with Gasteiger partial charge in [0.1, 0.15) is 5.69 Å². The average molecular weight is 226 g/mol. The van der Waals surface area contributed by atoms with E-state index in [1.165, 1.54) is 0 Å². The number of carbonyl (C=O) groups excluding carboxylic acids is 1. The van der Waals surface area contributed by atoms with Crippen LogP contribution in [0.5, 0.6) is 0 Å². The molecular weight excluding hydrogens is 208 g/mol. The number of nitrogen functional groups attached to an aromatic ring is 1. The summed E-state index contributed by atoms with van der Waals surface area (Å²) in [6.45, 7) is 3.59. The lowest BCUT2D eigenvalue weighted by Gasteiger charge is -2.05. The Kier molecular flexibility index (Phi) is 4.85. The van der Waals surface area contributed by atoms with Gasteiger partial charge in [0.15, 0.2) is 0 Å². The molecule has 16 heavy (non-hydrogen) atoms. The van der Waals surface area contributed by atoms with Crippen molar-refractivity contribution in [3.63, 3.8) is 0 Å². The number of carbonyl (C=O) groups is 1. The Morgan fingerprint density at radius 1 is 1.50 bits per heavy atom. The molecule has 5 nitrogen and oxygen atoms in total. The number of nitrogens with zero attached hydrogens (tertiary/aromatic N) is 1. The first-order valence-electron chi connectivity index (χ1n) is 5.32. The van der Waals surface area contributed by atoms with Crippen molar-refractivity contribution >= 4 is 11.7 Å². The monoisotopic (exact) mass is 226 g/mol. The second-order valence-electron chi connectivity index (χ2n) is 3.46. The molecule has 1 aromatic rings. The Bertz CT molecular complexity index is 347. The van der Waals surface area contributed by atoms with Crippen LogP contribution in [0, 0.1) is 0 Å².